The second kappa shape index (κ2) is 5.91. The molecule has 0 bridgehead atoms. The van der Waals surface area contributed by atoms with Crippen molar-refractivity contribution in [2.45, 2.75) is 63.8 Å². The van der Waals surface area contributed by atoms with E-state index in [2.05, 4.69) is 36.2 Å². The lowest BCUT2D eigenvalue weighted by molar-refractivity contribution is -0.133. The molecule has 112 valence electrons. The third-order valence-corrected chi connectivity index (χ3v) is 5.37. The SMILES string of the molecule is COC(=O)C#CCCC1CCCC2(O[Si](C)(C)C)CC12. The van der Waals surface area contributed by atoms with Crippen molar-refractivity contribution >= 4 is 14.3 Å². The summed E-state index contributed by atoms with van der Waals surface area (Å²) in [5, 5.41) is 0. The van der Waals surface area contributed by atoms with E-state index in [1.54, 1.807) is 0 Å². The molecule has 3 unspecified atom stereocenters. The summed E-state index contributed by atoms with van der Waals surface area (Å²) in [4.78, 5) is 10.9. The van der Waals surface area contributed by atoms with Crippen LogP contribution in [0, 0.1) is 23.7 Å². The van der Waals surface area contributed by atoms with E-state index in [0.29, 0.717) is 0 Å². The smallest absolute Gasteiger partial charge is 0.384 e. The van der Waals surface area contributed by atoms with Gasteiger partial charge in [-0.15, -0.1) is 0 Å². The number of hydrogen-bond acceptors (Lipinski definition) is 3. The Labute approximate surface area is 123 Å². The highest BCUT2D eigenvalue weighted by atomic mass is 28.4. The van der Waals surface area contributed by atoms with Gasteiger partial charge in [0.25, 0.3) is 0 Å². The van der Waals surface area contributed by atoms with Crippen molar-refractivity contribution in [3.05, 3.63) is 0 Å². The Morgan fingerprint density at radius 2 is 2.15 bits per heavy atom. The van der Waals surface area contributed by atoms with Crippen molar-refractivity contribution < 1.29 is 14.0 Å². The Balaban J connectivity index is 1.83. The average molecular weight is 294 g/mol. The number of esters is 1. The minimum atomic E-state index is -1.45. The summed E-state index contributed by atoms with van der Waals surface area (Å²) in [6.45, 7) is 6.84. The molecule has 2 saturated carbocycles. The molecule has 0 heterocycles. The zero-order valence-corrected chi connectivity index (χ0v) is 14.1. The van der Waals surface area contributed by atoms with E-state index in [4.69, 9.17) is 4.43 Å². The normalized spacial score (nSPS) is 31.8. The molecule has 0 N–H and O–H groups in total. The van der Waals surface area contributed by atoms with Gasteiger partial charge in [0.2, 0.25) is 0 Å². The first-order chi connectivity index (χ1) is 9.36. The van der Waals surface area contributed by atoms with Gasteiger partial charge in [0.05, 0.1) is 12.7 Å². The molecule has 20 heavy (non-hydrogen) atoms. The second-order valence-corrected chi connectivity index (χ2v) is 11.5. The maximum atomic E-state index is 10.9. The fourth-order valence-electron chi connectivity index (χ4n) is 3.63. The number of methoxy groups -OCH3 is 1. The number of carbonyl (C=O) groups excluding carboxylic acids is 1. The molecule has 2 aliphatic carbocycles. The van der Waals surface area contributed by atoms with E-state index in [0.717, 1.165) is 24.7 Å². The van der Waals surface area contributed by atoms with Crippen LogP contribution in [0.1, 0.15) is 38.5 Å². The summed E-state index contributed by atoms with van der Waals surface area (Å²) in [5.74, 6) is 6.47. The lowest BCUT2D eigenvalue weighted by atomic mass is 9.84. The molecular weight excluding hydrogens is 268 g/mol. The highest BCUT2D eigenvalue weighted by Crippen LogP contribution is 2.60. The predicted molar refractivity (Wildman–Crippen MR) is 81.6 cm³/mol. The van der Waals surface area contributed by atoms with Gasteiger partial charge in [0.1, 0.15) is 0 Å². The van der Waals surface area contributed by atoms with Crippen molar-refractivity contribution in [3.8, 4) is 11.8 Å². The van der Waals surface area contributed by atoms with Gasteiger partial charge in [0.15, 0.2) is 8.32 Å². The predicted octanol–water partition coefficient (Wildman–Crippen LogP) is 3.35. The summed E-state index contributed by atoms with van der Waals surface area (Å²) in [6.07, 6.45) is 6.93. The van der Waals surface area contributed by atoms with Crippen LogP contribution < -0.4 is 0 Å². The molecule has 0 saturated heterocycles. The summed E-state index contributed by atoms with van der Waals surface area (Å²) >= 11 is 0. The Hall–Kier alpha value is -0.793. The van der Waals surface area contributed by atoms with E-state index in [1.807, 2.05) is 0 Å². The first kappa shape index (κ1) is 15.6. The molecule has 0 amide bonds. The molecule has 2 rings (SSSR count). The van der Waals surface area contributed by atoms with E-state index >= 15 is 0 Å². The lowest BCUT2D eigenvalue weighted by Gasteiger charge is -2.33. The summed E-state index contributed by atoms with van der Waals surface area (Å²) in [7, 11) is -0.0865. The van der Waals surface area contributed by atoms with Crippen LogP contribution in [0.4, 0.5) is 0 Å². The largest absolute Gasteiger partial charge is 0.459 e. The van der Waals surface area contributed by atoms with E-state index in [9.17, 15) is 4.79 Å². The summed E-state index contributed by atoms with van der Waals surface area (Å²) < 4.78 is 11.0. The first-order valence-electron chi connectivity index (χ1n) is 7.63. The van der Waals surface area contributed by atoms with E-state index in [-0.39, 0.29) is 5.60 Å². The molecule has 0 aromatic rings. The number of ether oxygens (including phenoxy) is 1. The average Bonchev–Trinajstić information content (AvgIpc) is 3.06. The van der Waals surface area contributed by atoms with Gasteiger partial charge in [-0.05, 0) is 57.2 Å². The zero-order valence-electron chi connectivity index (χ0n) is 13.1. The van der Waals surface area contributed by atoms with Gasteiger partial charge in [-0.3, -0.25) is 0 Å². The van der Waals surface area contributed by atoms with Crippen LogP contribution in [-0.2, 0) is 14.0 Å². The standard InChI is InChI=1S/C16H26O3Si/c1-18-15(17)10-6-5-8-13-9-7-11-16(12-14(13)16)19-20(2,3)4/h13-14H,5,7-9,11-12H2,1-4H3. The molecule has 4 heteroatoms. The fourth-order valence-corrected chi connectivity index (χ4v) is 5.18. The van der Waals surface area contributed by atoms with Gasteiger partial charge in [-0.1, -0.05) is 12.3 Å². The fraction of sp³-hybridized carbons (Fsp3) is 0.812. The molecule has 3 nitrogen and oxygen atoms in total. The van der Waals surface area contributed by atoms with Crippen LogP contribution >= 0.6 is 0 Å². The van der Waals surface area contributed by atoms with Crippen molar-refractivity contribution in [2.75, 3.05) is 7.11 Å². The van der Waals surface area contributed by atoms with Gasteiger partial charge < -0.3 is 9.16 Å². The molecule has 0 aromatic heterocycles. The van der Waals surface area contributed by atoms with Crippen LogP contribution in [-0.4, -0.2) is 27.0 Å². The van der Waals surface area contributed by atoms with Gasteiger partial charge in [0, 0.05) is 12.3 Å². The highest BCUT2D eigenvalue weighted by Gasteiger charge is 2.60. The van der Waals surface area contributed by atoms with Crippen LogP contribution in [0.15, 0.2) is 0 Å². The molecular formula is C16H26O3Si. The van der Waals surface area contributed by atoms with Crippen molar-refractivity contribution in [1.29, 1.82) is 0 Å². The third-order valence-electron chi connectivity index (χ3n) is 4.35. The molecule has 2 fully saturated rings. The van der Waals surface area contributed by atoms with Crippen molar-refractivity contribution in [2.24, 2.45) is 11.8 Å². The zero-order chi connectivity index (χ0) is 14.8. The maximum Gasteiger partial charge on any atom is 0.384 e. The first-order valence-corrected chi connectivity index (χ1v) is 11.0. The van der Waals surface area contributed by atoms with Gasteiger partial charge in [-0.25, -0.2) is 4.79 Å². The number of hydrogen-bond donors (Lipinski definition) is 0. The second-order valence-electron chi connectivity index (χ2n) is 7.07. The molecule has 0 aliphatic heterocycles. The quantitative estimate of drug-likeness (QED) is 0.345. The minimum absolute atomic E-state index is 0.211. The Morgan fingerprint density at radius 3 is 2.80 bits per heavy atom. The minimum Gasteiger partial charge on any atom is -0.459 e. The topological polar surface area (TPSA) is 35.5 Å². The Bertz CT molecular complexity index is 429. The Morgan fingerprint density at radius 1 is 1.40 bits per heavy atom. The van der Waals surface area contributed by atoms with E-state index < -0.39 is 14.3 Å². The summed E-state index contributed by atoms with van der Waals surface area (Å²) in [5.41, 5.74) is 0.211. The lowest BCUT2D eigenvalue weighted by Crippen LogP contribution is -2.37. The van der Waals surface area contributed by atoms with Crippen LogP contribution in [0.25, 0.3) is 0 Å². The monoisotopic (exact) mass is 294 g/mol. The van der Waals surface area contributed by atoms with Crippen molar-refractivity contribution in [1.82, 2.24) is 0 Å². The van der Waals surface area contributed by atoms with Gasteiger partial charge >= 0.3 is 5.97 Å². The highest BCUT2D eigenvalue weighted by molar-refractivity contribution is 6.69. The third kappa shape index (κ3) is 3.86. The van der Waals surface area contributed by atoms with E-state index in [1.165, 1.54) is 32.8 Å². The molecule has 3 atom stereocenters. The van der Waals surface area contributed by atoms with Crippen LogP contribution in [0.5, 0.6) is 0 Å². The molecule has 0 radical (unpaired) electrons. The molecule has 0 aromatic carbocycles. The van der Waals surface area contributed by atoms with Crippen LogP contribution in [0.2, 0.25) is 19.6 Å². The van der Waals surface area contributed by atoms with Crippen LogP contribution in [0.3, 0.4) is 0 Å². The summed E-state index contributed by atoms with van der Waals surface area (Å²) in [6, 6.07) is 0. The number of fused-ring (bicyclic) bond motifs is 1. The molecule has 2 aliphatic rings. The van der Waals surface area contributed by atoms with Crippen molar-refractivity contribution in [3.63, 3.8) is 0 Å². The molecule has 0 spiro atoms. The Kier molecular flexibility index (Phi) is 4.61. The number of rotatable bonds is 4. The van der Waals surface area contributed by atoms with Gasteiger partial charge in [-0.2, -0.15) is 0 Å². The maximum absolute atomic E-state index is 10.9. The number of carbonyl (C=O) groups is 1.